The maximum Gasteiger partial charge on any atom is 0.248 e. The second-order valence-electron chi connectivity index (χ2n) is 40.6. The number of benzene rings is 6. The van der Waals surface area contributed by atoms with E-state index < -0.39 is 246 Å². The van der Waals surface area contributed by atoms with Gasteiger partial charge in [0.1, 0.15) is 107 Å². The maximum absolute atomic E-state index is 16.9. The molecule has 142 heavy (non-hydrogen) atoms. The summed E-state index contributed by atoms with van der Waals surface area (Å²) in [5, 5.41) is 136. The fourth-order valence-electron chi connectivity index (χ4n) is 21.9. The number of rotatable bonds is 30. The number of phenols is 3. The summed E-state index contributed by atoms with van der Waals surface area (Å²) in [5.41, 5.74) is 8.31. The number of phenolic OH excluding ortho intramolecular Hbond substituents is 3. The van der Waals surface area contributed by atoms with Gasteiger partial charge in [-0.3, -0.25) is 43.2 Å². The molecule has 0 aromatic heterocycles. The lowest BCUT2D eigenvalue weighted by Gasteiger charge is -2.59. The topological polar surface area (TPSA) is 591 Å². The SMILES string of the molecule is CCCCCCCCOc1ccc(CNCC(=O)N[C@@]2(C)C[C@H](O[C@H]3[C@H](Oc4c5cc6cc4Oc4ccc(cc4Cl)[C@@H](O)[C@@H](NC(=O)[C@@H](CC(C)C)NC)C(=O)N[C@@H](CC(N)=O)C(=O)N[C@H]6C(=O)N[C@H]4C(=O)N[C@H](C(=O)N[C@H](C(=O)NC(C)C67CC8CC(CC(C8)C6)C7)c6cc(O)cc(O)c6-c6cc4ccc6O)[C@H](O[C@H]4C[C@](C)(N)[C@@H](O)[C@H](C)O4)c4ccc(cc4)O5)O[C@H](CO)[C@@H](O)[C@@H]3O)O[C@@H](C)[C@@H]2O)cc1. The summed E-state index contributed by atoms with van der Waals surface area (Å²) in [4.78, 5) is 139. The third kappa shape index (κ3) is 23.8. The van der Waals surface area contributed by atoms with Crippen molar-refractivity contribution in [3.05, 3.63) is 148 Å². The van der Waals surface area contributed by atoms with Gasteiger partial charge in [0.2, 0.25) is 65.2 Å². The van der Waals surface area contributed by atoms with Crippen molar-refractivity contribution in [3.63, 3.8) is 0 Å². The molecule has 39 nitrogen and oxygen atoms in total. The predicted molar refractivity (Wildman–Crippen MR) is 512 cm³/mol. The molecule has 770 valence electrons. The Morgan fingerprint density at radius 3 is 1.93 bits per heavy atom. The maximum atomic E-state index is 16.9. The van der Waals surface area contributed by atoms with Crippen LogP contribution in [0.25, 0.3) is 11.1 Å². The molecule has 8 heterocycles. The molecular formula is C102H133ClN12O27. The van der Waals surface area contributed by atoms with Gasteiger partial charge in [-0.25, -0.2) is 0 Å². The van der Waals surface area contributed by atoms with Crippen LogP contribution in [0, 0.1) is 29.1 Å². The largest absolute Gasteiger partial charge is 0.508 e. The van der Waals surface area contributed by atoms with E-state index in [9.17, 15) is 60.3 Å². The van der Waals surface area contributed by atoms with E-state index in [1.807, 2.05) is 45.0 Å². The zero-order valence-corrected chi connectivity index (χ0v) is 81.6. The van der Waals surface area contributed by atoms with Crippen LogP contribution in [0.5, 0.6) is 51.7 Å². The first-order chi connectivity index (χ1) is 67.6. The van der Waals surface area contributed by atoms with Crippen molar-refractivity contribution in [1.82, 2.24) is 53.2 Å². The number of halogens is 1. The molecule has 4 aliphatic carbocycles. The number of aliphatic hydroxyl groups excluding tert-OH is 6. The molecule has 12 aliphatic rings. The first kappa shape index (κ1) is 105. The summed E-state index contributed by atoms with van der Waals surface area (Å²) < 4.78 is 59.6. The molecule has 9 amide bonds. The summed E-state index contributed by atoms with van der Waals surface area (Å²) >= 11 is 7.30. The molecule has 4 saturated carbocycles. The number of amides is 9. The van der Waals surface area contributed by atoms with E-state index in [2.05, 4.69) is 60.1 Å². The first-order valence-corrected chi connectivity index (χ1v) is 49.4. The van der Waals surface area contributed by atoms with E-state index in [-0.39, 0.29) is 93.6 Å². The van der Waals surface area contributed by atoms with Gasteiger partial charge in [0.05, 0.1) is 61.1 Å². The minimum Gasteiger partial charge on any atom is -0.508 e. The Morgan fingerprint density at radius 2 is 1.27 bits per heavy atom. The summed E-state index contributed by atoms with van der Waals surface area (Å²) in [6.45, 7) is 13.5. The van der Waals surface area contributed by atoms with Gasteiger partial charge >= 0.3 is 0 Å². The number of ether oxygens (including phenoxy) is 9. The van der Waals surface area contributed by atoms with Crippen LogP contribution < -0.4 is 83.6 Å². The highest BCUT2D eigenvalue weighted by molar-refractivity contribution is 6.32. The van der Waals surface area contributed by atoms with Crippen molar-refractivity contribution in [3.8, 4) is 62.9 Å². The Hall–Kier alpha value is -11.1. The second-order valence-corrected chi connectivity index (χ2v) is 41.0. The molecular weight excluding hydrogens is 1860 g/mol. The second kappa shape index (κ2) is 44.6. The monoisotopic (exact) mass is 1990 g/mol. The van der Waals surface area contributed by atoms with Gasteiger partial charge in [-0.15, -0.1) is 0 Å². The predicted octanol–water partition coefficient (Wildman–Crippen LogP) is 6.01. The number of hydrogen-bond donors (Lipinski definition) is 21. The van der Waals surface area contributed by atoms with E-state index in [0.717, 1.165) is 106 Å². The van der Waals surface area contributed by atoms with Crippen molar-refractivity contribution in [2.24, 2.45) is 40.6 Å². The zero-order chi connectivity index (χ0) is 102. The highest BCUT2D eigenvalue weighted by atomic mass is 35.5. The van der Waals surface area contributed by atoms with E-state index in [0.29, 0.717) is 30.1 Å². The van der Waals surface area contributed by atoms with Crippen LogP contribution in [0.4, 0.5) is 0 Å². The van der Waals surface area contributed by atoms with Gasteiger partial charge in [-0.2, -0.15) is 0 Å². The van der Waals surface area contributed by atoms with Gasteiger partial charge in [-0.05, 0) is 222 Å². The number of fused-ring (bicyclic) bond motifs is 15. The minimum absolute atomic E-state index is 0.0135. The molecule has 15 bridgehead atoms. The average Bonchev–Trinajstić information content (AvgIpc) is 0.736. The number of aliphatic hydroxyl groups is 6. The van der Waals surface area contributed by atoms with Gasteiger partial charge in [-0.1, -0.05) is 101 Å². The van der Waals surface area contributed by atoms with Crippen LogP contribution >= 0.6 is 11.6 Å². The fourth-order valence-corrected chi connectivity index (χ4v) is 22.2. The molecule has 0 spiro atoms. The van der Waals surface area contributed by atoms with Crippen molar-refractivity contribution in [2.75, 3.05) is 26.8 Å². The number of likely N-dealkylation sites (N-methyl/N-ethyl adjacent to an activating group) is 1. The average molecular weight is 1990 g/mol. The zero-order valence-electron chi connectivity index (χ0n) is 80.9. The Bertz CT molecular complexity index is 5550. The lowest BCUT2D eigenvalue weighted by atomic mass is 9.48. The van der Waals surface area contributed by atoms with Gasteiger partial charge in [0.25, 0.3) is 0 Å². The van der Waals surface area contributed by atoms with Crippen molar-refractivity contribution >= 4 is 64.8 Å². The quantitative estimate of drug-likeness (QED) is 0.0229. The highest BCUT2D eigenvalue weighted by Crippen LogP contribution is 2.62. The van der Waals surface area contributed by atoms with E-state index in [4.69, 9.17) is 65.7 Å². The molecule has 6 aromatic rings. The van der Waals surface area contributed by atoms with Gasteiger partial charge in [0.15, 0.2) is 30.2 Å². The molecule has 40 heteroatoms. The van der Waals surface area contributed by atoms with Crippen molar-refractivity contribution in [2.45, 2.75) is 304 Å². The number of nitrogens with two attached hydrogens (primary N) is 2. The van der Waals surface area contributed by atoms with Crippen LogP contribution in [-0.4, -0.2) is 235 Å². The molecule has 1 unspecified atom stereocenters. The Morgan fingerprint density at radius 1 is 0.641 bits per heavy atom. The Balaban J connectivity index is 0.870. The molecule has 18 rings (SSSR count). The summed E-state index contributed by atoms with van der Waals surface area (Å²) in [5.74, 6) is -12.6. The van der Waals surface area contributed by atoms with Gasteiger partial charge < -0.3 is 153 Å². The lowest BCUT2D eigenvalue weighted by Crippen LogP contribution is -2.66. The summed E-state index contributed by atoms with van der Waals surface area (Å²) in [6, 6.07) is 9.82. The Kier molecular flexibility index (Phi) is 33.1. The van der Waals surface area contributed by atoms with E-state index in [1.165, 1.54) is 82.3 Å². The summed E-state index contributed by atoms with van der Waals surface area (Å²) in [7, 11) is 1.49. The number of aromatic hydroxyl groups is 3. The smallest absolute Gasteiger partial charge is 0.248 e. The van der Waals surface area contributed by atoms with E-state index >= 15 is 28.8 Å². The van der Waals surface area contributed by atoms with Crippen molar-refractivity contribution < 1.29 is 132 Å². The number of carbonyl (C=O) groups excluding carboxylic acids is 9. The summed E-state index contributed by atoms with van der Waals surface area (Å²) in [6.07, 6.45) is -11.0. The first-order valence-electron chi connectivity index (χ1n) is 49.0. The standard InChI is InChI=1S/C102H133ClN12O27/c1-10-11-12-13-14-15-28-134-61-22-16-52(17-23-61)45-107-46-75(121)115-101(8)44-77(136-50(5)91(101)126)141-89-86(124)85(123)73(47-116)139-99(89)142-88-71-35-59-36-72(88)138-70-27-21-58(34-65(70)103)84(122)82(113-92(127)66(106-9)29-48(2)3)97(132)109-67(39-74(104)120)93(128)110-80(59)95(130)111-79-57-20-26-68(118)63(33-57)78-64(37-60(117)38-69(78)119)81(96(131)108-51(6)102-40-53-30-54(41-102)32-55(31-53)42-102)112-98(133)83(114-94(79)129)87(56-18-24-62(137-71)25-19-56)140-76-43-100(7,105)90(125)49(4)135-76/h16-27,33-38,48-51,53-55,66-67,73,76-77,79-87,89-91,99,106-107,116-119,122-126H,10-15,28-32,39-47,105H2,1-9H3,(H2,104,120)(H,108,131)(H,109,132)(H,110,128)(H,111,130)(H,112,133)(H,113,127)(H,114,129)(H,115,121)/t49-,50-,51?,53?,54?,55?,66+,67-,73+,76-,77-,79+,80+,81-,82+,83-,84+,85+,86-,87+,89+,90-,91-,99-,100-,101-,102?/m0/s1. The van der Waals surface area contributed by atoms with Crippen LogP contribution in [0.3, 0.4) is 0 Å². The number of primary amides is 1. The van der Waals surface area contributed by atoms with E-state index in [1.54, 1.807) is 13.8 Å². The Labute approximate surface area is 827 Å². The molecule has 7 fully saturated rings. The number of carbonyl (C=O) groups is 9. The molecule has 23 N–H and O–H groups in total. The minimum atomic E-state index is -2.37. The van der Waals surface area contributed by atoms with Crippen LogP contribution in [0.1, 0.15) is 222 Å². The molecule has 23 atom stereocenters. The van der Waals surface area contributed by atoms with Gasteiger partial charge in [0, 0.05) is 48.2 Å². The molecule has 0 radical (unpaired) electrons. The highest BCUT2D eigenvalue weighted by Gasteiger charge is 2.57. The molecule has 6 aromatic carbocycles. The number of unbranched alkanes of at least 4 members (excludes halogenated alkanes) is 5. The molecule has 8 aliphatic heterocycles. The normalized spacial score (nSPS) is 31.6. The third-order valence-electron chi connectivity index (χ3n) is 29.1. The van der Waals surface area contributed by atoms with Crippen LogP contribution in [0.15, 0.2) is 109 Å². The van der Waals surface area contributed by atoms with Crippen LogP contribution in [0.2, 0.25) is 5.02 Å². The van der Waals surface area contributed by atoms with Crippen LogP contribution in [-0.2, 0) is 73.4 Å². The number of hydrogen-bond acceptors (Lipinski definition) is 30. The van der Waals surface area contributed by atoms with Crippen molar-refractivity contribution in [1.29, 1.82) is 0 Å². The fraction of sp³-hybridized carbons (Fsp3) is 0.559. The number of nitrogens with one attached hydrogen (secondary N) is 10. The molecule has 3 saturated heterocycles. The third-order valence-corrected chi connectivity index (χ3v) is 29.4. The lowest BCUT2D eigenvalue weighted by molar-refractivity contribution is -0.334.